The van der Waals surface area contributed by atoms with Crippen LogP contribution in [0.3, 0.4) is 0 Å². The van der Waals surface area contributed by atoms with Crippen LogP contribution >= 0.6 is 15.9 Å². The Labute approximate surface area is 78.3 Å². The van der Waals surface area contributed by atoms with Gasteiger partial charge in [0.25, 0.3) is 0 Å². The maximum Gasteiger partial charge on any atom is 0.325 e. The SMILES string of the molecule is CCc1c(Br)cnn1CC(=O)O. The van der Waals surface area contributed by atoms with Gasteiger partial charge in [0, 0.05) is 0 Å². The summed E-state index contributed by atoms with van der Waals surface area (Å²) in [5.41, 5.74) is 0.914. The second kappa shape index (κ2) is 3.71. The average molecular weight is 233 g/mol. The van der Waals surface area contributed by atoms with Crippen LogP contribution in [0.4, 0.5) is 0 Å². The van der Waals surface area contributed by atoms with Gasteiger partial charge in [-0.25, -0.2) is 0 Å². The van der Waals surface area contributed by atoms with Crippen molar-refractivity contribution in [3.63, 3.8) is 0 Å². The fourth-order valence-corrected chi connectivity index (χ4v) is 1.58. The highest BCUT2D eigenvalue weighted by Crippen LogP contribution is 2.15. The van der Waals surface area contributed by atoms with Gasteiger partial charge in [0.2, 0.25) is 0 Å². The molecule has 5 heteroatoms. The summed E-state index contributed by atoms with van der Waals surface area (Å²) in [4.78, 5) is 10.4. The first-order chi connectivity index (χ1) is 5.65. The summed E-state index contributed by atoms with van der Waals surface area (Å²) in [7, 11) is 0. The maximum absolute atomic E-state index is 10.4. The van der Waals surface area contributed by atoms with E-state index in [-0.39, 0.29) is 6.54 Å². The van der Waals surface area contributed by atoms with E-state index in [2.05, 4.69) is 21.0 Å². The van der Waals surface area contributed by atoms with E-state index in [1.54, 1.807) is 6.20 Å². The minimum atomic E-state index is -0.875. The van der Waals surface area contributed by atoms with Gasteiger partial charge in [-0.2, -0.15) is 5.10 Å². The van der Waals surface area contributed by atoms with Crippen molar-refractivity contribution >= 4 is 21.9 Å². The van der Waals surface area contributed by atoms with E-state index in [1.807, 2.05) is 6.92 Å². The van der Waals surface area contributed by atoms with Crippen molar-refractivity contribution in [2.45, 2.75) is 19.9 Å². The van der Waals surface area contributed by atoms with E-state index >= 15 is 0 Å². The van der Waals surface area contributed by atoms with Crippen LogP contribution in [0.1, 0.15) is 12.6 Å². The number of halogens is 1. The smallest absolute Gasteiger partial charge is 0.325 e. The van der Waals surface area contributed by atoms with Gasteiger partial charge in [-0.15, -0.1) is 0 Å². The lowest BCUT2D eigenvalue weighted by molar-refractivity contribution is -0.137. The monoisotopic (exact) mass is 232 g/mol. The van der Waals surface area contributed by atoms with Crippen molar-refractivity contribution in [2.24, 2.45) is 0 Å². The summed E-state index contributed by atoms with van der Waals surface area (Å²) in [6, 6.07) is 0. The molecule has 1 heterocycles. The van der Waals surface area contributed by atoms with Gasteiger partial charge in [-0.1, -0.05) is 6.92 Å². The molecule has 66 valence electrons. The van der Waals surface area contributed by atoms with Crippen LogP contribution in [-0.4, -0.2) is 20.9 Å². The highest BCUT2D eigenvalue weighted by molar-refractivity contribution is 9.10. The van der Waals surface area contributed by atoms with Gasteiger partial charge in [0.1, 0.15) is 6.54 Å². The molecule has 1 aromatic rings. The summed E-state index contributed by atoms with van der Waals surface area (Å²) in [6.07, 6.45) is 2.38. The Morgan fingerprint density at radius 3 is 3.00 bits per heavy atom. The van der Waals surface area contributed by atoms with Crippen molar-refractivity contribution in [1.82, 2.24) is 9.78 Å². The second-order valence-electron chi connectivity index (χ2n) is 2.34. The Morgan fingerprint density at radius 2 is 2.50 bits per heavy atom. The lowest BCUT2D eigenvalue weighted by Crippen LogP contribution is -2.12. The van der Waals surface area contributed by atoms with Crippen LogP contribution < -0.4 is 0 Å². The molecule has 1 rings (SSSR count). The van der Waals surface area contributed by atoms with Gasteiger partial charge in [0.05, 0.1) is 16.4 Å². The van der Waals surface area contributed by atoms with E-state index in [1.165, 1.54) is 4.68 Å². The molecule has 4 nitrogen and oxygen atoms in total. The summed E-state index contributed by atoms with van der Waals surface area (Å²) in [5, 5.41) is 12.4. The van der Waals surface area contributed by atoms with Gasteiger partial charge in [-0.05, 0) is 22.4 Å². The van der Waals surface area contributed by atoms with E-state index < -0.39 is 5.97 Å². The van der Waals surface area contributed by atoms with Crippen molar-refractivity contribution in [3.8, 4) is 0 Å². The second-order valence-corrected chi connectivity index (χ2v) is 3.20. The Balaban J connectivity index is 2.91. The molecule has 0 fully saturated rings. The number of carboxylic acid groups (broad SMARTS) is 1. The predicted octanol–water partition coefficient (Wildman–Crippen LogP) is 1.29. The zero-order valence-corrected chi connectivity index (χ0v) is 8.21. The topological polar surface area (TPSA) is 55.1 Å². The lowest BCUT2D eigenvalue weighted by atomic mass is 10.3. The fourth-order valence-electron chi connectivity index (χ4n) is 1.00. The zero-order chi connectivity index (χ0) is 9.14. The van der Waals surface area contributed by atoms with Crippen LogP contribution in [0.15, 0.2) is 10.7 Å². The molecule has 0 radical (unpaired) electrons. The third-order valence-corrected chi connectivity index (χ3v) is 2.18. The predicted molar refractivity (Wildman–Crippen MR) is 46.9 cm³/mol. The van der Waals surface area contributed by atoms with Crippen LogP contribution in [0, 0.1) is 0 Å². The largest absolute Gasteiger partial charge is 0.480 e. The first-order valence-electron chi connectivity index (χ1n) is 3.57. The first kappa shape index (κ1) is 9.25. The van der Waals surface area contributed by atoms with Crippen molar-refractivity contribution in [3.05, 3.63) is 16.4 Å². The number of nitrogens with zero attached hydrogens (tertiary/aromatic N) is 2. The number of hydrogen-bond acceptors (Lipinski definition) is 2. The van der Waals surface area contributed by atoms with E-state index in [9.17, 15) is 4.79 Å². The molecule has 0 amide bonds. The molecule has 0 aliphatic rings. The van der Waals surface area contributed by atoms with Crippen molar-refractivity contribution in [1.29, 1.82) is 0 Å². The number of hydrogen-bond donors (Lipinski definition) is 1. The van der Waals surface area contributed by atoms with E-state index in [4.69, 9.17) is 5.11 Å². The molecule has 0 aromatic carbocycles. The fraction of sp³-hybridized carbons (Fsp3) is 0.429. The lowest BCUT2D eigenvalue weighted by Gasteiger charge is -2.01. The average Bonchev–Trinajstić information content (AvgIpc) is 2.30. The summed E-state index contributed by atoms with van der Waals surface area (Å²) in [5.74, 6) is -0.875. The van der Waals surface area contributed by atoms with Gasteiger partial charge in [0.15, 0.2) is 0 Å². The van der Waals surface area contributed by atoms with Crippen molar-refractivity contribution < 1.29 is 9.90 Å². The summed E-state index contributed by atoms with van der Waals surface area (Å²) >= 11 is 3.29. The first-order valence-corrected chi connectivity index (χ1v) is 4.36. The molecule has 0 aliphatic heterocycles. The number of aliphatic carboxylic acids is 1. The highest BCUT2D eigenvalue weighted by Gasteiger charge is 2.08. The van der Waals surface area contributed by atoms with Gasteiger partial charge < -0.3 is 5.11 Å². The van der Waals surface area contributed by atoms with Crippen molar-refractivity contribution in [2.75, 3.05) is 0 Å². The molecule has 0 saturated carbocycles. The summed E-state index contributed by atoms with van der Waals surface area (Å²) < 4.78 is 2.35. The molecule has 1 aromatic heterocycles. The number of aromatic nitrogens is 2. The minimum Gasteiger partial charge on any atom is -0.480 e. The Kier molecular flexibility index (Phi) is 2.86. The molecule has 0 saturated heterocycles. The number of carbonyl (C=O) groups is 1. The normalized spacial score (nSPS) is 10.2. The summed E-state index contributed by atoms with van der Waals surface area (Å²) in [6.45, 7) is 1.88. The molecule has 12 heavy (non-hydrogen) atoms. The van der Waals surface area contributed by atoms with Gasteiger partial charge in [-0.3, -0.25) is 9.48 Å². The number of rotatable bonds is 3. The van der Waals surface area contributed by atoms with E-state index in [0.717, 1.165) is 16.6 Å². The van der Waals surface area contributed by atoms with Crippen LogP contribution in [0.5, 0.6) is 0 Å². The van der Waals surface area contributed by atoms with Gasteiger partial charge >= 0.3 is 5.97 Å². The minimum absolute atomic E-state index is 0.0746. The van der Waals surface area contributed by atoms with E-state index in [0.29, 0.717) is 0 Å². The zero-order valence-electron chi connectivity index (χ0n) is 6.62. The molecule has 0 aliphatic carbocycles. The third-order valence-electron chi connectivity index (χ3n) is 1.52. The Morgan fingerprint density at radius 1 is 1.83 bits per heavy atom. The van der Waals surface area contributed by atoms with Crippen LogP contribution in [0.2, 0.25) is 0 Å². The molecule has 0 spiro atoms. The maximum atomic E-state index is 10.4. The molecule has 1 N–H and O–H groups in total. The Hall–Kier alpha value is -0.840. The Bertz CT molecular complexity index is 296. The molecule has 0 unspecified atom stereocenters. The third kappa shape index (κ3) is 1.85. The quantitative estimate of drug-likeness (QED) is 0.855. The molecular weight excluding hydrogens is 224 g/mol. The number of carboxylic acids is 1. The highest BCUT2D eigenvalue weighted by atomic mass is 79.9. The molecular formula is C7H9BrN2O2. The molecule has 0 atom stereocenters. The molecule has 0 bridgehead atoms. The van der Waals surface area contributed by atoms with Crippen LogP contribution in [0.25, 0.3) is 0 Å². The standard InChI is InChI=1S/C7H9BrN2O2/c1-2-6-5(8)3-9-10(6)4-7(11)12/h3H,2,4H2,1H3,(H,11,12). The van der Waals surface area contributed by atoms with Crippen LogP contribution in [-0.2, 0) is 17.8 Å².